The minimum atomic E-state index is -0.922. The zero-order valence-corrected chi connectivity index (χ0v) is 15.6. The van der Waals surface area contributed by atoms with Crippen LogP contribution in [0.3, 0.4) is 0 Å². The predicted octanol–water partition coefficient (Wildman–Crippen LogP) is 3.29. The van der Waals surface area contributed by atoms with Crippen LogP contribution < -0.4 is 9.64 Å². The Kier molecular flexibility index (Phi) is 5.44. The van der Waals surface area contributed by atoms with Crippen molar-refractivity contribution in [2.75, 3.05) is 12.0 Å². The highest BCUT2D eigenvalue weighted by Crippen LogP contribution is 2.32. The van der Waals surface area contributed by atoms with Crippen LogP contribution in [0.2, 0.25) is 0 Å². The number of amides is 1. The molecule has 0 unspecified atom stereocenters. The zero-order chi connectivity index (χ0) is 19.6. The van der Waals surface area contributed by atoms with Gasteiger partial charge >= 0.3 is 5.97 Å². The van der Waals surface area contributed by atoms with Gasteiger partial charge in [-0.3, -0.25) is 9.59 Å². The molecule has 1 amide bonds. The van der Waals surface area contributed by atoms with Crippen LogP contribution in [0.1, 0.15) is 25.0 Å². The SMILES string of the molecule is COc1ccc(CC(=O)O[C@@H](C)C(=O)N2c3ccccc3C[C@@H]2C)cc1F. The number of anilines is 1. The number of halogens is 1. The Balaban J connectivity index is 1.64. The lowest BCUT2D eigenvalue weighted by Gasteiger charge is -2.26. The van der Waals surface area contributed by atoms with E-state index >= 15 is 0 Å². The van der Waals surface area contributed by atoms with Gasteiger partial charge in [0.05, 0.1) is 13.5 Å². The molecule has 3 rings (SSSR count). The quantitative estimate of drug-likeness (QED) is 0.757. The number of carbonyl (C=O) groups is 2. The van der Waals surface area contributed by atoms with Gasteiger partial charge in [0.2, 0.25) is 0 Å². The van der Waals surface area contributed by atoms with Crippen molar-refractivity contribution >= 4 is 17.6 Å². The molecule has 142 valence electrons. The van der Waals surface area contributed by atoms with Crippen molar-refractivity contribution in [3.63, 3.8) is 0 Å². The maximum absolute atomic E-state index is 13.7. The Hall–Kier alpha value is -2.89. The van der Waals surface area contributed by atoms with E-state index in [-0.39, 0.29) is 24.1 Å². The van der Waals surface area contributed by atoms with Gasteiger partial charge in [-0.25, -0.2) is 4.39 Å². The molecule has 1 aliphatic heterocycles. The van der Waals surface area contributed by atoms with E-state index in [4.69, 9.17) is 9.47 Å². The van der Waals surface area contributed by atoms with Gasteiger partial charge in [-0.05, 0) is 49.6 Å². The molecule has 1 aliphatic rings. The first kappa shape index (κ1) is 18.9. The molecule has 0 saturated heterocycles. The molecule has 6 heteroatoms. The molecule has 0 aliphatic carbocycles. The number of benzene rings is 2. The van der Waals surface area contributed by atoms with Crippen LogP contribution in [-0.2, 0) is 27.2 Å². The molecule has 0 spiro atoms. The number of hydrogen-bond acceptors (Lipinski definition) is 4. The minimum Gasteiger partial charge on any atom is -0.494 e. The van der Waals surface area contributed by atoms with Crippen LogP contribution in [0.25, 0.3) is 0 Å². The van der Waals surface area contributed by atoms with Gasteiger partial charge in [0.1, 0.15) is 0 Å². The van der Waals surface area contributed by atoms with Gasteiger partial charge in [-0.1, -0.05) is 24.3 Å². The summed E-state index contributed by atoms with van der Waals surface area (Å²) in [6, 6.07) is 12.0. The second-order valence-electron chi connectivity index (χ2n) is 6.67. The third kappa shape index (κ3) is 3.94. The Morgan fingerprint density at radius 1 is 1.26 bits per heavy atom. The van der Waals surface area contributed by atoms with Crippen LogP contribution in [0.4, 0.5) is 10.1 Å². The number of nitrogens with zero attached hydrogens (tertiary/aromatic N) is 1. The standard InChI is InChI=1S/C21H22FNO4/c1-13-10-16-6-4-5-7-18(16)23(13)21(25)14(2)27-20(24)12-15-8-9-19(26-3)17(22)11-15/h4-9,11,13-14H,10,12H2,1-3H3/t13-,14-/m0/s1. The minimum absolute atomic E-state index is 0.00624. The summed E-state index contributed by atoms with van der Waals surface area (Å²) in [7, 11) is 1.37. The summed E-state index contributed by atoms with van der Waals surface area (Å²) in [6.45, 7) is 3.52. The number of carbonyl (C=O) groups excluding carboxylic acids is 2. The summed E-state index contributed by atoms with van der Waals surface area (Å²) < 4.78 is 23.9. The molecule has 2 aromatic carbocycles. The molecule has 27 heavy (non-hydrogen) atoms. The average molecular weight is 371 g/mol. The van der Waals surface area contributed by atoms with Crippen LogP contribution >= 0.6 is 0 Å². The second kappa shape index (κ2) is 7.78. The van der Waals surface area contributed by atoms with E-state index in [0.29, 0.717) is 5.56 Å². The monoisotopic (exact) mass is 371 g/mol. The van der Waals surface area contributed by atoms with Gasteiger partial charge < -0.3 is 14.4 Å². The third-order valence-corrected chi connectivity index (χ3v) is 4.67. The molecule has 0 N–H and O–H groups in total. The molecule has 5 nitrogen and oxygen atoms in total. The topological polar surface area (TPSA) is 55.8 Å². The first-order chi connectivity index (χ1) is 12.9. The molecule has 0 saturated carbocycles. The highest BCUT2D eigenvalue weighted by Gasteiger charge is 2.34. The maximum atomic E-state index is 13.7. The molecule has 0 bridgehead atoms. The predicted molar refractivity (Wildman–Crippen MR) is 99.3 cm³/mol. The van der Waals surface area contributed by atoms with Gasteiger partial charge in [-0.15, -0.1) is 0 Å². The first-order valence-corrected chi connectivity index (χ1v) is 8.83. The fraction of sp³-hybridized carbons (Fsp3) is 0.333. The lowest BCUT2D eigenvalue weighted by atomic mass is 10.1. The number of ether oxygens (including phenoxy) is 2. The highest BCUT2D eigenvalue weighted by atomic mass is 19.1. The molecular formula is C21H22FNO4. The molecule has 0 aromatic heterocycles. The fourth-order valence-corrected chi connectivity index (χ4v) is 3.37. The number of esters is 1. The largest absolute Gasteiger partial charge is 0.494 e. The molecule has 0 radical (unpaired) electrons. The van der Waals surface area contributed by atoms with E-state index in [9.17, 15) is 14.0 Å². The van der Waals surface area contributed by atoms with Gasteiger partial charge in [0.15, 0.2) is 17.7 Å². The number of para-hydroxylation sites is 1. The van der Waals surface area contributed by atoms with E-state index in [1.54, 1.807) is 17.9 Å². The van der Waals surface area contributed by atoms with Gasteiger partial charge in [0, 0.05) is 11.7 Å². The van der Waals surface area contributed by atoms with Crippen molar-refractivity contribution < 1.29 is 23.5 Å². The Labute approximate surface area is 157 Å². The Morgan fingerprint density at radius 2 is 2.00 bits per heavy atom. The summed E-state index contributed by atoms with van der Waals surface area (Å²) in [5, 5.41) is 0. The number of rotatable bonds is 5. The molecular weight excluding hydrogens is 349 g/mol. The lowest BCUT2D eigenvalue weighted by Crippen LogP contribution is -2.43. The van der Waals surface area contributed by atoms with Crippen LogP contribution in [0.5, 0.6) is 5.75 Å². The van der Waals surface area contributed by atoms with Crippen molar-refractivity contribution in [3.05, 3.63) is 59.4 Å². The second-order valence-corrected chi connectivity index (χ2v) is 6.67. The Bertz CT molecular complexity index is 867. The number of methoxy groups -OCH3 is 1. The molecule has 2 atom stereocenters. The molecule has 2 aromatic rings. The highest BCUT2D eigenvalue weighted by molar-refractivity contribution is 5.99. The summed E-state index contributed by atoms with van der Waals surface area (Å²) in [4.78, 5) is 26.7. The van der Waals surface area contributed by atoms with E-state index in [1.165, 1.54) is 19.2 Å². The summed E-state index contributed by atoms with van der Waals surface area (Å²) >= 11 is 0. The Morgan fingerprint density at radius 3 is 2.70 bits per heavy atom. The van der Waals surface area contributed by atoms with E-state index in [1.807, 2.05) is 31.2 Å². The lowest BCUT2D eigenvalue weighted by molar-refractivity contribution is -0.153. The van der Waals surface area contributed by atoms with Crippen LogP contribution in [-0.4, -0.2) is 31.1 Å². The summed E-state index contributed by atoms with van der Waals surface area (Å²) in [5.41, 5.74) is 2.42. The normalized spacial score (nSPS) is 16.6. The fourth-order valence-electron chi connectivity index (χ4n) is 3.37. The van der Waals surface area contributed by atoms with Crippen LogP contribution in [0, 0.1) is 5.82 Å². The van der Waals surface area contributed by atoms with E-state index in [2.05, 4.69) is 0 Å². The van der Waals surface area contributed by atoms with Crippen molar-refractivity contribution in [3.8, 4) is 5.75 Å². The molecule has 0 fully saturated rings. The number of hydrogen-bond donors (Lipinski definition) is 0. The third-order valence-electron chi connectivity index (χ3n) is 4.67. The van der Waals surface area contributed by atoms with E-state index in [0.717, 1.165) is 17.7 Å². The average Bonchev–Trinajstić information content (AvgIpc) is 2.96. The first-order valence-electron chi connectivity index (χ1n) is 8.83. The zero-order valence-electron chi connectivity index (χ0n) is 15.6. The van der Waals surface area contributed by atoms with Crippen molar-refractivity contribution in [2.24, 2.45) is 0 Å². The summed E-state index contributed by atoms with van der Waals surface area (Å²) in [5.74, 6) is -1.28. The van der Waals surface area contributed by atoms with E-state index < -0.39 is 17.9 Å². The van der Waals surface area contributed by atoms with Crippen LogP contribution in [0.15, 0.2) is 42.5 Å². The van der Waals surface area contributed by atoms with Crippen molar-refractivity contribution in [2.45, 2.75) is 38.8 Å². The summed E-state index contributed by atoms with van der Waals surface area (Å²) in [6.07, 6.45) is -0.271. The number of fused-ring (bicyclic) bond motifs is 1. The van der Waals surface area contributed by atoms with Gasteiger partial charge in [0.25, 0.3) is 5.91 Å². The molecule has 1 heterocycles. The maximum Gasteiger partial charge on any atom is 0.311 e. The smallest absolute Gasteiger partial charge is 0.311 e. The van der Waals surface area contributed by atoms with Crippen molar-refractivity contribution in [1.29, 1.82) is 0 Å². The van der Waals surface area contributed by atoms with Gasteiger partial charge in [-0.2, -0.15) is 0 Å². The van der Waals surface area contributed by atoms with Crippen molar-refractivity contribution in [1.82, 2.24) is 0 Å².